The zero-order valence-corrected chi connectivity index (χ0v) is 14.2. The fourth-order valence-corrected chi connectivity index (χ4v) is 2.80. The first-order chi connectivity index (χ1) is 11.2. The molecule has 120 valence electrons. The molecule has 1 unspecified atom stereocenters. The number of aromatic nitrogens is 1. The zero-order valence-electron chi connectivity index (χ0n) is 12.6. The number of amides is 1. The van der Waals surface area contributed by atoms with Crippen molar-refractivity contribution in [2.45, 2.75) is 18.9 Å². The van der Waals surface area contributed by atoms with Crippen molar-refractivity contribution in [2.24, 2.45) is 0 Å². The topological polar surface area (TPSA) is 63.2 Å². The number of rotatable bonds is 5. The number of pyridine rings is 1. The van der Waals surface area contributed by atoms with E-state index in [4.69, 9.17) is 4.74 Å². The van der Waals surface area contributed by atoms with Crippen LogP contribution in [0, 0.1) is 0 Å². The molecule has 1 saturated heterocycles. The van der Waals surface area contributed by atoms with Crippen molar-refractivity contribution >= 4 is 33.3 Å². The van der Waals surface area contributed by atoms with Crippen LogP contribution in [0.4, 0.5) is 11.5 Å². The molecule has 1 amide bonds. The summed E-state index contributed by atoms with van der Waals surface area (Å²) in [5.41, 5.74) is 1.47. The fraction of sp³-hybridized carbons (Fsp3) is 0.294. The van der Waals surface area contributed by atoms with Crippen LogP contribution in [0.1, 0.15) is 23.2 Å². The van der Waals surface area contributed by atoms with Crippen LogP contribution >= 0.6 is 15.9 Å². The van der Waals surface area contributed by atoms with Gasteiger partial charge in [0.1, 0.15) is 5.82 Å². The van der Waals surface area contributed by atoms with E-state index in [0.29, 0.717) is 17.9 Å². The number of benzene rings is 1. The molecular weight excluding hydrogens is 358 g/mol. The Bertz CT molecular complexity index is 670. The summed E-state index contributed by atoms with van der Waals surface area (Å²) >= 11 is 3.48. The van der Waals surface area contributed by atoms with Crippen LogP contribution < -0.4 is 10.6 Å². The lowest BCUT2D eigenvalue weighted by Crippen LogP contribution is -2.31. The molecule has 1 aliphatic rings. The Morgan fingerprint density at radius 1 is 1.30 bits per heavy atom. The zero-order chi connectivity index (χ0) is 16.1. The SMILES string of the molecule is O=C(NCC1CCCO1)c1ccc(Nc2ccccc2Br)nc1. The Morgan fingerprint density at radius 2 is 2.17 bits per heavy atom. The smallest absolute Gasteiger partial charge is 0.252 e. The number of nitrogens with zero attached hydrogens (tertiary/aromatic N) is 1. The number of nitrogens with one attached hydrogen (secondary N) is 2. The van der Waals surface area contributed by atoms with Crippen LogP contribution in [0.15, 0.2) is 47.1 Å². The molecular formula is C17H18BrN3O2. The van der Waals surface area contributed by atoms with E-state index in [-0.39, 0.29) is 12.0 Å². The van der Waals surface area contributed by atoms with Crippen molar-refractivity contribution in [2.75, 3.05) is 18.5 Å². The van der Waals surface area contributed by atoms with Crippen LogP contribution in [0.25, 0.3) is 0 Å². The summed E-state index contributed by atoms with van der Waals surface area (Å²) < 4.78 is 6.45. The third-order valence-corrected chi connectivity index (χ3v) is 4.37. The number of hydrogen-bond acceptors (Lipinski definition) is 4. The van der Waals surface area contributed by atoms with Gasteiger partial charge in [0.05, 0.1) is 17.4 Å². The predicted molar refractivity (Wildman–Crippen MR) is 93.0 cm³/mol. The summed E-state index contributed by atoms with van der Waals surface area (Å²) in [6, 6.07) is 11.4. The van der Waals surface area contributed by atoms with E-state index in [1.165, 1.54) is 0 Å². The minimum atomic E-state index is -0.125. The molecule has 2 N–H and O–H groups in total. The molecule has 1 fully saturated rings. The van der Waals surface area contributed by atoms with Gasteiger partial charge in [0, 0.05) is 23.8 Å². The van der Waals surface area contributed by atoms with E-state index >= 15 is 0 Å². The van der Waals surface area contributed by atoms with Crippen molar-refractivity contribution in [1.82, 2.24) is 10.3 Å². The first-order valence-electron chi connectivity index (χ1n) is 7.60. The normalized spacial score (nSPS) is 17.0. The molecule has 0 saturated carbocycles. The van der Waals surface area contributed by atoms with Crippen molar-refractivity contribution in [1.29, 1.82) is 0 Å². The highest BCUT2D eigenvalue weighted by molar-refractivity contribution is 9.10. The number of carbonyl (C=O) groups excluding carboxylic acids is 1. The second kappa shape index (κ2) is 7.57. The number of carbonyl (C=O) groups is 1. The molecule has 5 nitrogen and oxygen atoms in total. The average molecular weight is 376 g/mol. The van der Waals surface area contributed by atoms with Crippen LogP contribution in [0.5, 0.6) is 0 Å². The third kappa shape index (κ3) is 4.30. The van der Waals surface area contributed by atoms with Gasteiger partial charge in [-0.15, -0.1) is 0 Å². The van der Waals surface area contributed by atoms with Gasteiger partial charge in [0.2, 0.25) is 0 Å². The van der Waals surface area contributed by atoms with Gasteiger partial charge >= 0.3 is 0 Å². The number of ether oxygens (including phenoxy) is 1. The number of para-hydroxylation sites is 1. The van der Waals surface area contributed by atoms with Crippen molar-refractivity contribution < 1.29 is 9.53 Å². The van der Waals surface area contributed by atoms with Crippen LogP contribution in [-0.2, 0) is 4.74 Å². The number of hydrogen-bond donors (Lipinski definition) is 2. The van der Waals surface area contributed by atoms with Crippen molar-refractivity contribution in [3.8, 4) is 0 Å². The van der Waals surface area contributed by atoms with E-state index in [1.54, 1.807) is 18.3 Å². The molecule has 2 aromatic rings. The van der Waals surface area contributed by atoms with Gasteiger partial charge in [0.15, 0.2) is 0 Å². The summed E-state index contributed by atoms with van der Waals surface area (Å²) in [6.07, 6.45) is 3.79. The van der Waals surface area contributed by atoms with Gasteiger partial charge in [-0.05, 0) is 53.0 Å². The van der Waals surface area contributed by atoms with Gasteiger partial charge in [0.25, 0.3) is 5.91 Å². The van der Waals surface area contributed by atoms with Crippen LogP contribution in [0.2, 0.25) is 0 Å². The van der Waals surface area contributed by atoms with Gasteiger partial charge < -0.3 is 15.4 Å². The molecule has 0 aliphatic carbocycles. The van der Waals surface area contributed by atoms with E-state index in [2.05, 4.69) is 31.5 Å². The predicted octanol–water partition coefficient (Wildman–Crippen LogP) is 3.50. The number of halogens is 1. The van der Waals surface area contributed by atoms with Crippen LogP contribution in [0.3, 0.4) is 0 Å². The maximum Gasteiger partial charge on any atom is 0.252 e. The van der Waals surface area contributed by atoms with Gasteiger partial charge in [-0.25, -0.2) is 4.98 Å². The summed E-state index contributed by atoms with van der Waals surface area (Å²) in [6.45, 7) is 1.34. The highest BCUT2D eigenvalue weighted by Gasteiger charge is 2.16. The summed E-state index contributed by atoms with van der Waals surface area (Å²) in [5, 5.41) is 6.09. The molecule has 23 heavy (non-hydrogen) atoms. The standard InChI is InChI=1S/C17H18BrN3O2/c18-14-5-1-2-6-15(14)21-16-8-7-12(10-19-16)17(22)20-11-13-4-3-9-23-13/h1-2,5-8,10,13H,3-4,9,11H2,(H,19,21)(H,20,22). The highest BCUT2D eigenvalue weighted by Crippen LogP contribution is 2.24. The summed E-state index contributed by atoms with van der Waals surface area (Å²) in [4.78, 5) is 16.4. The fourth-order valence-electron chi connectivity index (χ4n) is 2.42. The Labute approximate surface area is 143 Å². The first-order valence-corrected chi connectivity index (χ1v) is 8.39. The van der Waals surface area contributed by atoms with E-state index < -0.39 is 0 Å². The largest absolute Gasteiger partial charge is 0.376 e. The molecule has 0 radical (unpaired) electrons. The van der Waals surface area contributed by atoms with E-state index in [9.17, 15) is 4.79 Å². The monoisotopic (exact) mass is 375 g/mol. The molecule has 2 heterocycles. The Kier molecular flexibility index (Phi) is 5.25. The maximum absolute atomic E-state index is 12.1. The summed E-state index contributed by atoms with van der Waals surface area (Å²) in [5.74, 6) is 0.563. The highest BCUT2D eigenvalue weighted by atomic mass is 79.9. The number of anilines is 2. The second-order valence-electron chi connectivity index (χ2n) is 5.38. The lowest BCUT2D eigenvalue weighted by molar-refractivity contribution is 0.0857. The van der Waals surface area contributed by atoms with E-state index in [0.717, 1.165) is 29.6 Å². The van der Waals surface area contributed by atoms with Gasteiger partial charge in [-0.3, -0.25) is 4.79 Å². The Hall–Kier alpha value is -1.92. The quantitative estimate of drug-likeness (QED) is 0.839. The second-order valence-corrected chi connectivity index (χ2v) is 6.24. The summed E-state index contributed by atoms with van der Waals surface area (Å²) in [7, 11) is 0. The molecule has 6 heteroatoms. The molecule has 1 aliphatic heterocycles. The maximum atomic E-state index is 12.1. The minimum Gasteiger partial charge on any atom is -0.376 e. The molecule has 3 rings (SSSR count). The lowest BCUT2D eigenvalue weighted by atomic mass is 10.2. The Balaban J connectivity index is 1.58. The average Bonchev–Trinajstić information content (AvgIpc) is 3.09. The van der Waals surface area contributed by atoms with Crippen LogP contribution in [-0.4, -0.2) is 30.1 Å². The molecule has 1 aromatic heterocycles. The molecule has 1 aromatic carbocycles. The molecule has 1 atom stereocenters. The first kappa shape index (κ1) is 16.0. The minimum absolute atomic E-state index is 0.125. The molecule has 0 bridgehead atoms. The van der Waals surface area contributed by atoms with Gasteiger partial charge in [-0.2, -0.15) is 0 Å². The van der Waals surface area contributed by atoms with E-state index in [1.807, 2.05) is 24.3 Å². The lowest BCUT2D eigenvalue weighted by Gasteiger charge is -2.11. The van der Waals surface area contributed by atoms with Crippen molar-refractivity contribution in [3.05, 3.63) is 52.6 Å². The van der Waals surface area contributed by atoms with Crippen molar-refractivity contribution in [3.63, 3.8) is 0 Å². The Morgan fingerprint density at radius 3 is 2.87 bits per heavy atom. The van der Waals surface area contributed by atoms with Gasteiger partial charge in [-0.1, -0.05) is 12.1 Å². The molecule has 0 spiro atoms. The third-order valence-electron chi connectivity index (χ3n) is 3.68.